The van der Waals surface area contributed by atoms with E-state index in [2.05, 4.69) is 6.58 Å². The van der Waals surface area contributed by atoms with Crippen LogP contribution in [-0.4, -0.2) is 11.1 Å². The summed E-state index contributed by atoms with van der Waals surface area (Å²) < 4.78 is 0. The molecule has 0 aromatic heterocycles. The number of aliphatic carboxylic acids is 1. The molecule has 0 bridgehead atoms. The average Bonchev–Trinajstić information content (AvgIpc) is 1.38. The standard InChI is InChI=1S/C3H2O2/c1-2-3(4)5/h1-2H/p+1. The highest BCUT2D eigenvalue weighted by molar-refractivity contribution is 5.78. The second-order valence-electron chi connectivity index (χ2n) is 0.505. The van der Waals surface area contributed by atoms with E-state index in [1.807, 2.05) is 0 Å². The van der Waals surface area contributed by atoms with E-state index >= 15 is 0 Å². The summed E-state index contributed by atoms with van der Waals surface area (Å²) in [5.41, 5.74) is 0. The van der Waals surface area contributed by atoms with Crippen molar-refractivity contribution >= 4 is 5.97 Å². The molecule has 0 atom stereocenters. The van der Waals surface area contributed by atoms with Gasteiger partial charge in [-0.2, -0.15) is 0 Å². The molecule has 2 nitrogen and oxygen atoms in total. The van der Waals surface area contributed by atoms with Gasteiger partial charge in [0.2, 0.25) is 6.08 Å². The fraction of sp³-hybridized carbons (Fsp3) is 0. The summed E-state index contributed by atoms with van der Waals surface area (Å²) >= 11 is 0. The van der Waals surface area contributed by atoms with Crippen LogP contribution < -0.4 is 0 Å². The fourth-order valence-electron chi connectivity index (χ4n) is 0. The predicted octanol–water partition coefficient (Wildman–Crippen LogP) is 0.0602. The molecule has 0 unspecified atom stereocenters. The third-order valence-electron chi connectivity index (χ3n) is 0.143. The Balaban J connectivity index is 3.20. The quantitative estimate of drug-likeness (QED) is 0.350. The van der Waals surface area contributed by atoms with Crippen LogP contribution in [0.3, 0.4) is 0 Å². The number of hydrogen-bond acceptors (Lipinski definition) is 1. The molecule has 0 saturated heterocycles. The summed E-state index contributed by atoms with van der Waals surface area (Å²) in [5, 5.41) is 7.54. The maximum atomic E-state index is 9.19. The molecule has 0 spiro atoms. The van der Waals surface area contributed by atoms with Crippen molar-refractivity contribution in [3.05, 3.63) is 12.7 Å². The van der Waals surface area contributed by atoms with Gasteiger partial charge in [0.05, 0.1) is 6.58 Å². The first-order valence-corrected chi connectivity index (χ1v) is 1.05. The van der Waals surface area contributed by atoms with Crippen LogP contribution in [0.15, 0.2) is 6.08 Å². The first-order valence-electron chi connectivity index (χ1n) is 1.05. The molecule has 1 N–H and O–H groups in total. The van der Waals surface area contributed by atoms with Crippen molar-refractivity contribution < 1.29 is 9.90 Å². The molecule has 0 aromatic rings. The van der Waals surface area contributed by atoms with Crippen LogP contribution in [0.2, 0.25) is 0 Å². The predicted molar refractivity (Wildman–Crippen MR) is 16.5 cm³/mol. The molecule has 0 aliphatic rings. The summed E-state index contributed by atoms with van der Waals surface area (Å²) in [6.45, 7) is 4.45. The van der Waals surface area contributed by atoms with Gasteiger partial charge in [0.15, 0.2) is 0 Å². The topological polar surface area (TPSA) is 37.3 Å². The number of carbonyl (C=O) groups is 1. The van der Waals surface area contributed by atoms with Crippen molar-refractivity contribution in [3.8, 4) is 0 Å². The molecular formula is C3H3O2+. The van der Waals surface area contributed by atoms with Crippen LogP contribution in [-0.2, 0) is 4.79 Å². The fourth-order valence-corrected chi connectivity index (χ4v) is 0. The van der Waals surface area contributed by atoms with Crippen LogP contribution in [0.25, 0.3) is 0 Å². The van der Waals surface area contributed by atoms with Crippen molar-refractivity contribution in [1.82, 2.24) is 0 Å². The molecule has 0 aromatic carbocycles. The SMILES string of the molecule is [CH+]=CC(=O)O. The molecule has 0 heterocycles. The van der Waals surface area contributed by atoms with Crippen molar-refractivity contribution in [2.24, 2.45) is 0 Å². The van der Waals surface area contributed by atoms with Crippen molar-refractivity contribution in [2.45, 2.75) is 0 Å². The molecule has 0 fully saturated rings. The van der Waals surface area contributed by atoms with Gasteiger partial charge in [-0.25, -0.2) is 0 Å². The zero-order chi connectivity index (χ0) is 4.28. The number of carboxylic acids is 1. The molecule has 0 saturated carbocycles. The third-order valence-corrected chi connectivity index (χ3v) is 0.143. The normalized spacial score (nSPS) is 6.20. The Hall–Kier alpha value is -0.880. The second kappa shape index (κ2) is 1.44. The van der Waals surface area contributed by atoms with Gasteiger partial charge in [-0.3, -0.25) is 0 Å². The highest BCUT2D eigenvalue weighted by Gasteiger charge is 1.89. The number of rotatable bonds is 1. The summed E-state index contributed by atoms with van der Waals surface area (Å²) in [5.74, 6) is -1.09. The smallest absolute Gasteiger partial charge is 0.388 e. The zero-order valence-corrected chi connectivity index (χ0v) is 2.51. The Morgan fingerprint density at radius 3 is 2.20 bits per heavy atom. The van der Waals surface area contributed by atoms with Gasteiger partial charge in [-0.1, -0.05) is 0 Å². The van der Waals surface area contributed by atoms with E-state index in [9.17, 15) is 4.79 Å². The lowest BCUT2D eigenvalue weighted by Crippen LogP contribution is -1.82. The van der Waals surface area contributed by atoms with Gasteiger partial charge in [-0.15, -0.1) is 4.79 Å². The minimum Gasteiger partial charge on any atom is -0.388 e. The highest BCUT2D eigenvalue weighted by Crippen LogP contribution is 1.54. The second-order valence-corrected chi connectivity index (χ2v) is 0.505. The van der Waals surface area contributed by atoms with Crippen molar-refractivity contribution in [3.63, 3.8) is 0 Å². The average molecular weight is 71.1 g/mol. The molecule has 0 rings (SSSR count). The highest BCUT2D eigenvalue weighted by atomic mass is 16.4. The molecule has 0 aliphatic heterocycles. The third kappa shape index (κ3) is 3.12. The van der Waals surface area contributed by atoms with Gasteiger partial charge < -0.3 is 5.11 Å². The Morgan fingerprint density at radius 2 is 2.20 bits per heavy atom. The van der Waals surface area contributed by atoms with Crippen LogP contribution in [0.5, 0.6) is 0 Å². The molecule has 26 valence electrons. The van der Waals surface area contributed by atoms with E-state index < -0.39 is 5.97 Å². The summed E-state index contributed by atoms with van der Waals surface area (Å²) in [4.78, 5) is 9.19. The van der Waals surface area contributed by atoms with E-state index in [4.69, 9.17) is 5.11 Å². The van der Waals surface area contributed by atoms with Crippen LogP contribution in [0.1, 0.15) is 0 Å². The van der Waals surface area contributed by atoms with Crippen LogP contribution in [0, 0.1) is 6.58 Å². The molecule has 0 amide bonds. The molecule has 0 aliphatic carbocycles. The van der Waals surface area contributed by atoms with Gasteiger partial charge in [-0.05, 0) is 0 Å². The lowest BCUT2D eigenvalue weighted by Gasteiger charge is -1.49. The monoisotopic (exact) mass is 71.0 g/mol. The van der Waals surface area contributed by atoms with Crippen molar-refractivity contribution in [1.29, 1.82) is 0 Å². The minimum atomic E-state index is -1.09. The van der Waals surface area contributed by atoms with Crippen LogP contribution in [0.4, 0.5) is 0 Å². The molecule has 5 heavy (non-hydrogen) atoms. The minimum absolute atomic E-state index is 0.583. The lowest BCUT2D eigenvalue weighted by atomic mass is 10.7. The Kier molecular flexibility index (Phi) is 1.19. The van der Waals surface area contributed by atoms with Crippen molar-refractivity contribution in [2.75, 3.05) is 0 Å². The Bertz CT molecular complexity index is 55.9. The van der Waals surface area contributed by atoms with Gasteiger partial charge >= 0.3 is 5.97 Å². The summed E-state index contributed by atoms with van der Waals surface area (Å²) in [7, 11) is 0. The first-order chi connectivity index (χ1) is 2.27. The van der Waals surface area contributed by atoms with Gasteiger partial charge in [0.1, 0.15) is 0 Å². The van der Waals surface area contributed by atoms with E-state index in [0.717, 1.165) is 0 Å². The van der Waals surface area contributed by atoms with E-state index in [-0.39, 0.29) is 0 Å². The Labute approximate surface area is 29.7 Å². The molecule has 2 heteroatoms. The van der Waals surface area contributed by atoms with E-state index in [0.29, 0.717) is 6.08 Å². The summed E-state index contributed by atoms with van der Waals surface area (Å²) in [6.07, 6.45) is 0.583. The molecular weight excluding hydrogens is 68.0 g/mol. The van der Waals surface area contributed by atoms with E-state index in [1.54, 1.807) is 0 Å². The Morgan fingerprint density at radius 1 is 2.00 bits per heavy atom. The largest absolute Gasteiger partial charge is 0.481 e. The van der Waals surface area contributed by atoms with Crippen LogP contribution >= 0.6 is 0 Å². The number of hydrogen-bond donors (Lipinski definition) is 1. The van der Waals surface area contributed by atoms with Gasteiger partial charge in [0, 0.05) is 0 Å². The molecule has 0 radical (unpaired) electrons. The first kappa shape index (κ1) is 4.12. The maximum Gasteiger partial charge on any atom is 0.481 e. The number of carboxylic acid groups (broad SMARTS) is 1. The van der Waals surface area contributed by atoms with E-state index in [1.165, 1.54) is 0 Å². The lowest BCUT2D eigenvalue weighted by molar-refractivity contribution is -0.131. The summed E-state index contributed by atoms with van der Waals surface area (Å²) in [6, 6.07) is 0. The maximum absolute atomic E-state index is 9.19. The zero-order valence-electron chi connectivity index (χ0n) is 2.51. The van der Waals surface area contributed by atoms with Gasteiger partial charge in [0.25, 0.3) is 0 Å².